The highest BCUT2D eigenvalue weighted by molar-refractivity contribution is 9.12. The molecule has 1 aliphatic heterocycles. The second-order valence-corrected chi connectivity index (χ2v) is 6.02. The maximum Gasteiger partial charge on any atom is 0.303 e. The van der Waals surface area contributed by atoms with Crippen LogP contribution in [0, 0.1) is 0 Å². The third-order valence-corrected chi connectivity index (χ3v) is 5.00. The zero-order chi connectivity index (χ0) is 18.3. The fourth-order valence-electron chi connectivity index (χ4n) is 1.75. The van der Waals surface area contributed by atoms with Gasteiger partial charge in [0.1, 0.15) is 17.7 Å². The molecule has 0 spiro atoms. The van der Waals surface area contributed by atoms with Crippen molar-refractivity contribution < 1.29 is 37.4 Å². The Hall–Kier alpha value is -0.670. The standard InChI is InChI=1S/C12H16Br2O7/c1-5(15)18-4-8-10(19-6(2)16)11(20-7(3)17)9(13)12(14)21-8/h8-12H,4H2,1-3H3/t8-,9-,10-,11-,12?/m1/s1/i1D,2D,3D. The first-order valence-electron chi connectivity index (χ1n) is 7.82. The average Bonchev–Trinajstić information content (AvgIpc) is 2.58. The summed E-state index contributed by atoms with van der Waals surface area (Å²) in [6.07, 6.45) is -3.14. The zero-order valence-corrected chi connectivity index (χ0v) is 14.0. The van der Waals surface area contributed by atoms with Gasteiger partial charge in [-0.25, -0.2) is 0 Å². The van der Waals surface area contributed by atoms with Crippen LogP contribution in [-0.2, 0) is 33.3 Å². The first-order chi connectivity index (χ1) is 11.3. The molecule has 5 atom stereocenters. The summed E-state index contributed by atoms with van der Waals surface area (Å²) in [4.78, 5) is 33.5. The van der Waals surface area contributed by atoms with Crippen molar-refractivity contribution in [2.24, 2.45) is 0 Å². The molecule has 120 valence electrons. The van der Waals surface area contributed by atoms with E-state index in [9.17, 15) is 14.4 Å². The second kappa shape index (κ2) is 8.09. The van der Waals surface area contributed by atoms with Crippen molar-refractivity contribution >= 4 is 49.8 Å². The molecule has 0 aromatic rings. The Morgan fingerprint density at radius 2 is 1.62 bits per heavy atom. The minimum atomic E-state index is -1.14. The van der Waals surface area contributed by atoms with Crippen molar-refractivity contribution in [3.63, 3.8) is 0 Å². The lowest BCUT2D eigenvalue weighted by atomic mass is 10.0. The van der Waals surface area contributed by atoms with Crippen molar-refractivity contribution in [3.05, 3.63) is 0 Å². The molecule has 0 aromatic carbocycles. The van der Waals surface area contributed by atoms with Crippen LogP contribution in [0.25, 0.3) is 0 Å². The van der Waals surface area contributed by atoms with Gasteiger partial charge in [0, 0.05) is 24.8 Å². The molecule has 1 unspecified atom stereocenters. The highest BCUT2D eigenvalue weighted by Crippen LogP contribution is 2.33. The van der Waals surface area contributed by atoms with Crippen molar-refractivity contribution in [2.45, 2.75) is 48.9 Å². The molecule has 0 radical (unpaired) electrons. The van der Waals surface area contributed by atoms with Gasteiger partial charge in [0.25, 0.3) is 0 Å². The predicted octanol–water partition coefficient (Wildman–Crippen LogP) is 1.30. The van der Waals surface area contributed by atoms with Crippen molar-refractivity contribution in [1.29, 1.82) is 0 Å². The molecule has 0 saturated carbocycles. The number of carbonyl (C=O) groups is 3. The van der Waals surface area contributed by atoms with E-state index < -0.39 is 66.8 Å². The van der Waals surface area contributed by atoms with E-state index in [0.29, 0.717) is 0 Å². The minimum absolute atomic E-state index is 0.329. The normalized spacial score (nSPS) is 34.0. The van der Waals surface area contributed by atoms with Crippen LogP contribution in [0.5, 0.6) is 0 Å². The Balaban J connectivity index is 2.97. The number of ether oxygens (including phenoxy) is 4. The zero-order valence-electron chi connectivity index (χ0n) is 13.8. The molecule has 1 rings (SSSR count). The summed E-state index contributed by atoms with van der Waals surface area (Å²) in [6, 6.07) is 0. The van der Waals surface area contributed by atoms with Gasteiger partial charge in [-0.2, -0.15) is 0 Å². The Labute approximate surface area is 143 Å². The summed E-state index contributed by atoms with van der Waals surface area (Å²) < 4.78 is 41.6. The smallest absolute Gasteiger partial charge is 0.303 e. The van der Waals surface area contributed by atoms with Crippen LogP contribution in [0.3, 0.4) is 0 Å². The van der Waals surface area contributed by atoms with Gasteiger partial charge in [-0.05, 0) is 0 Å². The van der Waals surface area contributed by atoms with Crippen molar-refractivity contribution in [3.8, 4) is 0 Å². The lowest BCUT2D eigenvalue weighted by Gasteiger charge is -2.41. The summed E-state index contributed by atoms with van der Waals surface area (Å²) in [5.41, 5.74) is 0. The van der Waals surface area contributed by atoms with Crippen molar-refractivity contribution in [2.75, 3.05) is 6.61 Å². The van der Waals surface area contributed by atoms with Gasteiger partial charge >= 0.3 is 17.9 Å². The molecule has 0 N–H and O–H groups in total. The summed E-state index contributed by atoms with van der Waals surface area (Å²) >= 11 is 6.48. The van der Waals surface area contributed by atoms with Crippen LogP contribution in [-0.4, -0.2) is 52.7 Å². The number of hydrogen-bond donors (Lipinski definition) is 0. The molecule has 7 nitrogen and oxygen atoms in total. The van der Waals surface area contributed by atoms with E-state index in [-0.39, 0.29) is 6.61 Å². The Morgan fingerprint density at radius 3 is 2.19 bits per heavy atom. The molecule has 21 heavy (non-hydrogen) atoms. The summed E-state index contributed by atoms with van der Waals surface area (Å²) in [6.45, 7) is -2.19. The third kappa shape index (κ3) is 5.55. The Morgan fingerprint density at radius 1 is 1.05 bits per heavy atom. The molecular weight excluding hydrogens is 416 g/mol. The summed E-state index contributed by atoms with van der Waals surface area (Å²) in [5, 5.41) is -0.660. The van der Waals surface area contributed by atoms with Crippen LogP contribution >= 0.6 is 31.9 Å². The maximum absolute atomic E-state index is 11.5. The SMILES string of the molecule is [2H]CC(=O)OC[C@H]1OC(Br)[C@H](Br)[C@@H](OC(=O)C[2H])[C@@H]1OC(=O)C[2H]. The van der Waals surface area contributed by atoms with Crippen LogP contribution in [0.2, 0.25) is 0 Å². The number of halogens is 2. The Bertz CT molecular complexity index is 468. The number of rotatable bonds is 4. The lowest BCUT2D eigenvalue weighted by Crippen LogP contribution is -2.58. The van der Waals surface area contributed by atoms with Gasteiger partial charge in [-0.1, -0.05) is 31.9 Å². The lowest BCUT2D eigenvalue weighted by molar-refractivity contribution is -0.201. The molecule has 1 fully saturated rings. The quantitative estimate of drug-likeness (QED) is 0.374. The number of carbonyl (C=O) groups excluding carboxylic acids is 3. The molecule has 0 bridgehead atoms. The number of esters is 3. The molecular formula is C12H16Br2O7. The molecule has 9 heteroatoms. The summed E-state index contributed by atoms with van der Waals surface area (Å²) in [5.74, 6) is -2.50. The predicted molar refractivity (Wildman–Crippen MR) is 78.0 cm³/mol. The highest BCUT2D eigenvalue weighted by Gasteiger charge is 2.48. The van der Waals surface area contributed by atoms with Crippen LogP contribution in [0.4, 0.5) is 0 Å². The molecule has 1 heterocycles. The molecule has 1 aliphatic rings. The van der Waals surface area contributed by atoms with Gasteiger partial charge in [-0.3, -0.25) is 14.4 Å². The van der Waals surface area contributed by atoms with E-state index in [1.165, 1.54) is 0 Å². The second-order valence-electron chi connectivity index (χ2n) is 4.06. The van der Waals surface area contributed by atoms with E-state index in [1.54, 1.807) is 0 Å². The van der Waals surface area contributed by atoms with E-state index in [0.717, 1.165) is 0 Å². The Kier molecular flexibility index (Phi) is 5.38. The topological polar surface area (TPSA) is 88.1 Å². The van der Waals surface area contributed by atoms with Gasteiger partial charge in [-0.15, -0.1) is 0 Å². The number of alkyl halides is 2. The number of hydrogen-bond acceptors (Lipinski definition) is 7. The van der Waals surface area contributed by atoms with Crippen LogP contribution in [0.15, 0.2) is 0 Å². The van der Waals surface area contributed by atoms with Gasteiger partial charge < -0.3 is 18.9 Å². The van der Waals surface area contributed by atoms with Gasteiger partial charge in [0.05, 0.1) is 4.83 Å². The fraction of sp³-hybridized carbons (Fsp3) is 0.750. The van der Waals surface area contributed by atoms with Crippen molar-refractivity contribution in [1.82, 2.24) is 0 Å². The largest absolute Gasteiger partial charge is 0.463 e. The average molecular weight is 435 g/mol. The van der Waals surface area contributed by atoms with Gasteiger partial charge in [0.15, 0.2) is 12.2 Å². The third-order valence-electron chi connectivity index (χ3n) is 2.50. The highest BCUT2D eigenvalue weighted by atomic mass is 79.9. The maximum atomic E-state index is 11.5. The fourth-order valence-corrected chi connectivity index (χ4v) is 2.86. The van der Waals surface area contributed by atoms with Crippen LogP contribution in [0.1, 0.15) is 24.8 Å². The van der Waals surface area contributed by atoms with E-state index >= 15 is 0 Å². The first kappa shape index (κ1) is 14.0. The summed E-state index contributed by atoms with van der Waals surface area (Å²) in [7, 11) is 0. The van der Waals surface area contributed by atoms with E-state index in [2.05, 4.69) is 31.9 Å². The monoisotopic (exact) mass is 433 g/mol. The van der Waals surface area contributed by atoms with Gasteiger partial charge in [0.2, 0.25) is 0 Å². The molecule has 0 aromatic heterocycles. The van der Waals surface area contributed by atoms with E-state index in [4.69, 9.17) is 23.1 Å². The molecule has 1 saturated heterocycles. The molecule has 0 amide bonds. The minimum Gasteiger partial charge on any atom is -0.463 e. The molecule has 0 aliphatic carbocycles. The first-order valence-corrected chi connectivity index (χ1v) is 7.53. The van der Waals surface area contributed by atoms with Crippen LogP contribution < -0.4 is 0 Å². The van der Waals surface area contributed by atoms with E-state index in [1.807, 2.05) is 0 Å².